The molecule has 1 aromatic heterocycles. The first-order valence-electron chi connectivity index (χ1n) is 7.05. The molecule has 1 aromatic carbocycles. The third kappa shape index (κ3) is 2.55. The number of carbonyl (C=O) groups is 1. The molecule has 0 unspecified atom stereocenters. The Labute approximate surface area is 127 Å². The van der Waals surface area contributed by atoms with Crippen LogP contribution in [0, 0.1) is 5.82 Å². The number of phenolic OH excluding ortho intramolecular Hbond substituents is 1. The van der Waals surface area contributed by atoms with Gasteiger partial charge in [-0.1, -0.05) is 6.07 Å². The second-order valence-corrected chi connectivity index (χ2v) is 5.32. The predicted molar refractivity (Wildman–Crippen MR) is 77.8 cm³/mol. The number of nitrogens with one attached hydrogen (secondary N) is 1. The van der Waals surface area contributed by atoms with Crippen molar-refractivity contribution in [2.75, 3.05) is 13.6 Å². The Kier molecular flexibility index (Phi) is 3.81. The number of aromatic nitrogens is 2. The molecule has 0 aliphatic carbocycles. The maximum atomic E-state index is 13.8. The molecule has 2 heterocycles. The van der Waals surface area contributed by atoms with Crippen molar-refractivity contribution in [1.82, 2.24) is 20.0 Å². The summed E-state index contributed by atoms with van der Waals surface area (Å²) < 4.78 is 15.8. The van der Waals surface area contributed by atoms with Crippen LogP contribution in [-0.4, -0.2) is 39.3 Å². The quantitative estimate of drug-likeness (QED) is 0.891. The van der Waals surface area contributed by atoms with Crippen LogP contribution in [0.15, 0.2) is 24.4 Å². The zero-order valence-corrected chi connectivity index (χ0v) is 12.2. The van der Waals surface area contributed by atoms with Gasteiger partial charge >= 0.3 is 0 Å². The Hall–Kier alpha value is -2.41. The van der Waals surface area contributed by atoms with Gasteiger partial charge < -0.3 is 15.3 Å². The second kappa shape index (κ2) is 5.76. The summed E-state index contributed by atoms with van der Waals surface area (Å²) in [6.45, 7) is 2.72. The normalized spacial score (nSPS) is 13.7. The highest BCUT2D eigenvalue weighted by Gasteiger charge is 2.21. The molecule has 1 aliphatic heterocycles. The first-order valence-corrected chi connectivity index (χ1v) is 7.05. The van der Waals surface area contributed by atoms with E-state index in [9.17, 15) is 14.3 Å². The third-order valence-corrected chi connectivity index (χ3v) is 3.79. The van der Waals surface area contributed by atoms with E-state index in [4.69, 9.17) is 0 Å². The third-order valence-electron chi connectivity index (χ3n) is 3.79. The summed E-state index contributed by atoms with van der Waals surface area (Å²) in [4.78, 5) is 13.8. The average Bonchev–Trinajstić information content (AvgIpc) is 2.92. The molecule has 0 saturated carbocycles. The standard InChI is InChI=1S/C15H17FN4O2/c1-19(15(22)11-3-2-4-13(21)14(11)16)9-10-7-18-20-6-5-17-8-12(10)20/h2-4,7,17,21H,5-6,8-9H2,1H3. The minimum atomic E-state index is -0.891. The van der Waals surface area contributed by atoms with Crippen molar-refractivity contribution in [3.05, 3.63) is 47.0 Å². The van der Waals surface area contributed by atoms with Gasteiger partial charge in [0.25, 0.3) is 5.91 Å². The minimum Gasteiger partial charge on any atom is -0.505 e. The summed E-state index contributed by atoms with van der Waals surface area (Å²) in [5, 5.41) is 16.9. The summed E-state index contributed by atoms with van der Waals surface area (Å²) in [7, 11) is 1.60. The van der Waals surface area contributed by atoms with Gasteiger partial charge in [-0.15, -0.1) is 0 Å². The Morgan fingerprint density at radius 1 is 1.55 bits per heavy atom. The smallest absolute Gasteiger partial charge is 0.257 e. The molecule has 0 spiro atoms. The molecule has 116 valence electrons. The van der Waals surface area contributed by atoms with E-state index in [0.29, 0.717) is 13.1 Å². The molecule has 7 heteroatoms. The topological polar surface area (TPSA) is 70.4 Å². The number of fused-ring (bicyclic) bond motifs is 1. The van der Waals surface area contributed by atoms with Crippen LogP contribution in [-0.2, 0) is 19.6 Å². The lowest BCUT2D eigenvalue weighted by molar-refractivity contribution is 0.0779. The van der Waals surface area contributed by atoms with Gasteiger partial charge in [0.05, 0.1) is 24.0 Å². The van der Waals surface area contributed by atoms with Crippen molar-refractivity contribution in [3.8, 4) is 5.75 Å². The van der Waals surface area contributed by atoms with Crippen molar-refractivity contribution in [2.45, 2.75) is 19.6 Å². The maximum Gasteiger partial charge on any atom is 0.257 e. The van der Waals surface area contributed by atoms with E-state index in [1.807, 2.05) is 4.68 Å². The van der Waals surface area contributed by atoms with Gasteiger partial charge in [0.15, 0.2) is 11.6 Å². The SMILES string of the molecule is CN(Cc1cnn2c1CNCC2)C(=O)c1cccc(O)c1F. The number of carbonyl (C=O) groups excluding carboxylic acids is 1. The lowest BCUT2D eigenvalue weighted by Crippen LogP contribution is -2.31. The van der Waals surface area contributed by atoms with E-state index in [1.165, 1.54) is 23.1 Å². The molecule has 2 aromatic rings. The second-order valence-electron chi connectivity index (χ2n) is 5.32. The highest BCUT2D eigenvalue weighted by molar-refractivity contribution is 5.94. The molecule has 6 nitrogen and oxygen atoms in total. The van der Waals surface area contributed by atoms with Crippen molar-refractivity contribution < 1.29 is 14.3 Å². The molecular formula is C15H17FN4O2. The van der Waals surface area contributed by atoms with Gasteiger partial charge in [-0.05, 0) is 12.1 Å². The first kappa shape index (κ1) is 14.5. The van der Waals surface area contributed by atoms with Gasteiger partial charge in [-0.25, -0.2) is 4.39 Å². The molecule has 3 rings (SSSR count). The summed E-state index contributed by atoms with van der Waals surface area (Å²) in [5.74, 6) is -1.89. The molecule has 1 amide bonds. The molecular weight excluding hydrogens is 287 g/mol. The number of hydrogen-bond donors (Lipinski definition) is 2. The number of benzene rings is 1. The summed E-state index contributed by atoms with van der Waals surface area (Å²) >= 11 is 0. The zero-order valence-electron chi connectivity index (χ0n) is 12.2. The lowest BCUT2D eigenvalue weighted by Gasteiger charge is -2.20. The molecule has 0 radical (unpaired) electrons. The number of amides is 1. The Bertz CT molecular complexity index is 714. The van der Waals surface area contributed by atoms with Crippen LogP contribution in [0.5, 0.6) is 5.75 Å². The largest absolute Gasteiger partial charge is 0.505 e. The van der Waals surface area contributed by atoms with E-state index >= 15 is 0 Å². The van der Waals surface area contributed by atoms with Gasteiger partial charge in [0.1, 0.15) is 0 Å². The number of phenols is 1. The van der Waals surface area contributed by atoms with E-state index in [1.54, 1.807) is 13.2 Å². The van der Waals surface area contributed by atoms with E-state index in [0.717, 1.165) is 24.3 Å². The molecule has 0 fully saturated rings. The van der Waals surface area contributed by atoms with Crippen molar-refractivity contribution in [3.63, 3.8) is 0 Å². The fraction of sp³-hybridized carbons (Fsp3) is 0.333. The lowest BCUT2D eigenvalue weighted by atomic mass is 10.1. The Morgan fingerprint density at radius 2 is 2.36 bits per heavy atom. The highest BCUT2D eigenvalue weighted by atomic mass is 19.1. The van der Waals surface area contributed by atoms with E-state index in [2.05, 4.69) is 10.4 Å². The van der Waals surface area contributed by atoms with E-state index in [-0.39, 0.29) is 5.56 Å². The summed E-state index contributed by atoms with van der Waals surface area (Å²) in [6.07, 6.45) is 1.74. The number of hydrogen-bond acceptors (Lipinski definition) is 4. The van der Waals surface area contributed by atoms with Crippen molar-refractivity contribution in [2.24, 2.45) is 0 Å². The molecule has 0 atom stereocenters. The van der Waals surface area contributed by atoms with Crippen LogP contribution in [0.1, 0.15) is 21.6 Å². The van der Waals surface area contributed by atoms with Gasteiger partial charge in [0, 0.05) is 32.2 Å². The fourth-order valence-electron chi connectivity index (χ4n) is 2.59. The number of rotatable bonds is 3. The highest BCUT2D eigenvalue weighted by Crippen LogP contribution is 2.21. The Morgan fingerprint density at radius 3 is 3.18 bits per heavy atom. The fourth-order valence-corrected chi connectivity index (χ4v) is 2.59. The maximum absolute atomic E-state index is 13.8. The van der Waals surface area contributed by atoms with Gasteiger partial charge in [0.2, 0.25) is 0 Å². The van der Waals surface area contributed by atoms with Crippen molar-refractivity contribution >= 4 is 5.91 Å². The van der Waals surface area contributed by atoms with E-state index < -0.39 is 17.5 Å². The van der Waals surface area contributed by atoms with Crippen LogP contribution in [0.2, 0.25) is 0 Å². The van der Waals surface area contributed by atoms with Crippen LogP contribution < -0.4 is 5.32 Å². The molecule has 2 N–H and O–H groups in total. The molecule has 0 bridgehead atoms. The number of nitrogens with zero attached hydrogens (tertiary/aromatic N) is 3. The van der Waals surface area contributed by atoms with Gasteiger partial charge in [-0.2, -0.15) is 5.10 Å². The zero-order chi connectivity index (χ0) is 15.7. The monoisotopic (exact) mass is 304 g/mol. The molecule has 22 heavy (non-hydrogen) atoms. The van der Waals surface area contributed by atoms with Crippen LogP contribution in [0.25, 0.3) is 0 Å². The number of aromatic hydroxyl groups is 1. The van der Waals surface area contributed by atoms with Crippen LogP contribution >= 0.6 is 0 Å². The summed E-state index contributed by atoms with van der Waals surface area (Å²) in [5.41, 5.74) is 1.84. The summed E-state index contributed by atoms with van der Waals surface area (Å²) in [6, 6.07) is 4.03. The molecule has 1 aliphatic rings. The average molecular weight is 304 g/mol. The molecule has 0 saturated heterocycles. The van der Waals surface area contributed by atoms with Crippen LogP contribution in [0.3, 0.4) is 0 Å². The number of halogens is 1. The van der Waals surface area contributed by atoms with Crippen LogP contribution in [0.4, 0.5) is 4.39 Å². The minimum absolute atomic E-state index is 0.137. The van der Waals surface area contributed by atoms with Gasteiger partial charge in [-0.3, -0.25) is 9.48 Å². The first-order chi connectivity index (χ1) is 10.6. The predicted octanol–water partition coefficient (Wildman–Crippen LogP) is 1.10. The van der Waals surface area contributed by atoms with Crippen molar-refractivity contribution in [1.29, 1.82) is 0 Å². The Balaban J connectivity index is 1.79.